The maximum Gasteiger partial charge on any atom is 0.198 e. The van der Waals surface area contributed by atoms with Gasteiger partial charge in [-0.15, -0.1) is 0 Å². The quantitative estimate of drug-likeness (QED) is 0.232. The van der Waals surface area contributed by atoms with Crippen molar-refractivity contribution in [3.8, 4) is 23.4 Å². The Morgan fingerprint density at radius 3 is 2.23 bits per heavy atom. The lowest BCUT2D eigenvalue weighted by molar-refractivity contribution is 0.103. The molecule has 2 aliphatic rings. The zero-order valence-electron chi connectivity index (χ0n) is 15.5. The largest absolute Gasteiger partial charge is 0.288 e. The van der Waals surface area contributed by atoms with Crippen molar-refractivity contribution in [3.63, 3.8) is 0 Å². The summed E-state index contributed by atoms with van der Waals surface area (Å²) in [5, 5.41) is 19.0. The highest BCUT2D eigenvalue weighted by atomic mass is 19.2. The summed E-state index contributed by atoms with van der Waals surface area (Å²) in [6.45, 7) is 0. The summed E-state index contributed by atoms with van der Waals surface area (Å²) in [4.78, 5) is 17.7. The van der Waals surface area contributed by atoms with E-state index in [2.05, 4.69) is 4.98 Å². The number of Topliss-reactive ketones (excluding diaryl/α,β-unsaturated/α-hetero) is 1. The van der Waals surface area contributed by atoms with Gasteiger partial charge in [0.2, 0.25) is 0 Å². The van der Waals surface area contributed by atoms with Crippen molar-refractivity contribution in [2.75, 3.05) is 0 Å². The predicted molar refractivity (Wildman–Crippen MR) is 104 cm³/mol. The van der Waals surface area contributed by atoms with Gasteiger partial charge in [0.05, 0.1) is 11.3 Å². The van der Waals surface area contributed by atoms with Gasteiger partial charge in [-0.3, -0.25) is 9.78 Å². The number of halogens is 3. The van der Waals surface area contributed by atoms with Crippen LogP contribution in [0.5, 0.6) is 0 Å². The molecule has 0 bridgehead atoms. The molecule has 1 aromatic heterocycles. The van der Waals surface area contributed by atoms with E-state index < -0.39 is 39.9 Å². The first kappa shape index (κ1) is 18.5. The Morgan fingerprint density at radius 1 is 0.839 bits per heavy atom. The van der Waals surface area contributed by atoms with E-state index in [1.165, 1.54) is 0 Å². The van der Waals surface area contributed by atoms with Crippen molar-refractivity contribution in [1.29, 1.82) is 10.5 Å². The van der Waals surface area contributed by atoms with Crippen LogP contribution in [0, 0.1) is 40.1 Å². The fourth-order valence-corrected chi connectivity index (χ4v) is 4.19. The standard InChI is InChI=1S/C24H8F3N3O/c25-15-8-16(26)22(27)21-19(15)17(11(9-28)10-29)20(24(21)31)18-12-4-1-2-5-13(12)23-14(18)6-3-7-30-23/h1-8H/b20-18-. The number of nitrogens with zero attached hydrogens (tertiary/aromatic N) is 3. The number of allylic oxidation sites excluding steroid dienone is 3. The van der Waals surface area contributed by atoms with Gasteiger partial charge in [0.15, 0.2) is 17.4 Å². The van der Waals surface area contributed by atoms with Crippen LogP contribution in [0.15, 0.2) is 59.8 Å². The topological polar surface area (TPSA) is 77.5 Å². The molecule has 1 heterocycles. The molecule has 31 heavy (non-hydrogen) atoms. The predicted octanol–water partition coefficient (Wildman–Crippen LogP) is 4.98. The Balaban J connectivity index is 2.02. The highest BCUT2D eigenvalue weighted by molar-refractivity contribution is 6.33. The Morgan fingerprint density at radius 2 is 1.52 bits per heavy atom. The highest BCUT2D eigenvalue weighted by Gasteiger charge is 2.42. The molecule has 0 saturated heterocycles. The van der Waals surface area contributed by atoms with Gasteiger partial charge in [0, 0.05) is 45.7 Å². The van der Waals surface area contributed by atoms with Gasteiger partial charge in [0.25, 0.3) is 0 Å². The summed E-state index contributed by atoms with van der Waals surface area (Å²) in [6.07, 6.45) is 1.57. The molecule has 7 heteroatoms. The molecule has 3 aromatic rings. The van der Waals surface area contributed by atoms with E-state index in [-0.39, 0.29) is 16.7 Å². The zero-order valence-corrected chi connectivity index (χ0v) is 15.5. The van der Waals surface area contributed by atoms with Crippen molar-refractivity contribution < 1.29 is 18.0 Å². The maximum absolute atomic E-state index is 14.8. The van der Waals surface area contributed by atoms with Gasteiger partial charge in [-0.2, -0.15) is 10.5 Å². The normalized spacial score (nSPS) is 15.8. The fraction of sp³-hybridized carbons (Fsp3) is 0. The van der Waals surface area contributed by atoms with Crippen LogP contribution in [-0.2, 0) is 0 Å². The number of nitriles is 2. The third kappa shape index (κ3) is 2.35. The second-order valence-corrected chi connectivity index (χ2v) is 6.90. The fourth-order valence-electron chi connectivity index (χ4n) is 4.19. The lowest BCUT2D eigenvalue weighted by Crippen LogP contribution is -2.04. The lowest BCUT2D eigenvalue weighted by atomic mass is 9.91. The summed E-state index contributed by atoms with van der Waals surface area (Å²) in [7, 11) is 0. The van der Waals surface area contributed by atoms with Gasteiger partial charge in [0.1, 0.15) is 23.5 Å². The number of carbonyl (C=O) groups excluding carboxylic acids is 1. The van der Waals surface area contributed by atoms with Crippen LogP contribution in [-0.4, -0.2) is 10.8 Å². The van der Waals surface area contributed by atoms with E-state index in [0.717, 1.165) is 0 Å². The molecular formula is C24H8F3N3O. The maximum atomic E-state index is 14.8. The van der Waals surface area contributed by atoms with Crippen molar-refractivity contribution in [3.05, 3.63) is 99.5 Å². The molecule has 0 atom stereocenters. The molecule has 4 nitrogen and oxygen atoms in total. The molecule has 146 valence electrons. The summed E-state index contributed by atoms with van der Waals surface area (Å²) in [5.74, 6) is -5.28. The molecule has 0 unspecified atom stereocenters. The van der Waals surface area contributed by atoms with Crippen LogP contribution < -0.4 is 0 Å². The van der Waals surface area contributed by atoms with Crippen molar-refractivity contribution >= 4 is 16.9 Å². The minimum Gasteiger partial charge on any atom is -0.288 e. The molecule has 0 N–H and O–H groups in total. The van der Waals surface area contributed by atoms with E-state index in [9.17, 15) is 28.5 Å². The average Bonchev–Trinajstić information content (AvgIpc) is 3.26. The van der Waals surface area contributed by atoms with Crippen LogP contribution in [0.25, 0.3) is 22.4 Å². The molecule has 5 rings (SSSR count). The molecule has 0 aliphatic heterocycles. The monoisotopic (exact) mass is 411 g/mol. The second-order valence-electron chi connectivity index (χ2n) is 6.90. The molecule has 0 spiro atoms. The Hall–Kier alpha value is -4.49. The zero-order chi connectivity index (χ0) is 21.9. The third-order valence-corrected chi connectivity index (χ3v) is 5.38. The van der Waals surface area contributed by atoms with Crippen LogP contribution in [0.4, 0.5) is 13.2 Å². The second kappa shape index (κ2) is 6.51. The summed E-state index contributed by atoms with van der Waals surface area (Å²) >= 11 is 0. The number of carbonyl (C=O) groups is 1. The molecular weight excluding hydrogens is 403 g/mol. The van der Waals surface area contributed by atoms with E-state index in [1.807, 2.05) is 0 Å². The Bertz CT molecular complexity index is 1440. The Labute approximate surface area is 173 Å². The highest BCUT2D eigenvalue weighted by Crippen LogP contribution is 2.51. The molecule has 2 aliphatic carbocycles. The van der Waals surface area contributed by atoms with Crippen molar-refractivity contribution in [1.82, 2.24) is 4.98 Å². The minimum absolute atomic E-state index is 0.226. The average molecular weight is 411 g/mol. The molecule has 2 aromatic carbocycles. The molecule has 0 amide bonds. The number of hydrogen-bond donors (Lipinski definition) is 0. The van der Waals surface area contributed by atoms with E-state index >= 15 is 0 Å². The van der Waals surface area contributed by atoms with E-state index in [4.69, 9.17) is 0 Å². The number of rotatable bonds is 0. The SMILES string of the molecule is N#CC(C#N)=C1/C(=C2\c3ccccc3-c3ncccc32)C(=O)c2c(F)c(F)cc(F)c21. The molecule has 0 saturated carbocycles. The van der Waals surface area contributed by atoms with Crippen LogP contribution >= 0.6 is 0 Å². The Kier molecular flexibility index (Phi) is 3.89. The number of aromatic nitrogens is 1. The van der Waals surface area contributed by atoms with Crippen molar-refractivity contribution in [2.24, 2.45) is 0 Å². The number of ketones is 1. The number of fused-ring (bicyclic) bond motifs is 4. The summed E-state index contributed by atoms with van der Waals surface area (Å²) in [6, 6.07) is 13.9. The van der Waals surface area contributed by atoms with Crippen LogP contribution in [0.3, 0.4) is 0 Å². The van der Waals surface area contributed by atoms with E-state index in [1.54, 1.807) is 54.7 Å². The molecule has 0 fully saturated rings. The van der Waals surface area contributed by atoms with Gasteiger partial charge >= 0.3 is 0 Å². The minimum atomic E-state index is -1.53. The van der Waals surface area contributed by atoms with Gasteiger partial charge < -0.3 is 0 Å². The van der Waals surface area contributed by atoms with Crippen LogP contribution in [0.2, 0.25) is 0 Å². The first-order valence-corrected chi connectivity index (χ1v) is 9.06. The van der Waals surface area contributed by atoms with Gasteiger partial charge in [-0.25, -0.2) is 13.2 Å². The summed E-state index contributed by atoms with van der Waals surface area (Å²) < 4.78 is 43.4. The lowest BCUT2D eigenvalue weighted by Gasteiger charge is -2.09. The summed E-state index contributed by atoms with van der Waals surface area (Å²) in [5.41, 5.74) is 0.0324. The smallest absolute Gasteiger partial charge is 0.198 e. The van der Waals surface area contributed by atoms with E-state index in [0.29, 0.717) is 28.5 Å². The first-order chi connectivity index (χ1) is 15.0. The number of pyridine rings is 1. The molecule has 0 radical (unpaired) electrons. The van der Waals surface area contributed by atoms with Gasteiger partial charge in [-0.1, -0.05) is 30.3 Å². The van der Waals surface area contributed by atoms with Crippen LogP contribution in [0.1, 0.15) is 27.0 Å². The third-order valence-electron chi connectivity index (χ3n) is 5.38. The van der Waals surface area contributed by atoms with Crippen molar-refractivity contribution in [2.45, 2.75) is 0 Å². The number of hydrogen-bond acceptors (Lipinski definition) is 4. The first-order valence-electron chi connectivity index (χ1n) is 9.06. The number of benzene rings is 2. The van der Waals surface area contributed by atoms with Gasteiger partial charge in [-0.05, 0) is 11.6 Å².